The van der Waals surface area contributed by atoms with Crippen LogP contribution in [0.5, 0.6) is 0 Å². The molecule has 0 heterocycles. The van der Waals surface area contributed by atoms with Crippen LogP contribution in [0.15, 0.2) is 0 Å². The van der Waals surface area contributed by atoms with Gasteiger partial charge in [0.2, 0.25) is 5.91 Å². The van der Waals surface area contributed by atoms with E-state index in [0.29, 0.717) is 18.4 Å². The summed E-state index contributed by atoms with van der Waals surface area (Å²) in [4.78, 5) is 12.3. The van der Waals surface area contributed by atoms with Gasteiger partial charge in [0.15, 0.2) is 0 Å². The van der Waals surface area contributed by atoms with Gasteiger partial charge in [0, 0.05) is 12.5 Å². The van der Waals surface area contributed by atoms with Crippen molar-refractivity contribution in [3.05, 3.63) is 0 Å². The predicted octanol–water partition coefficient (Wildman–Crippen LogP) is 1.28. The zero-order valence-electron chi connectivity index (χ0n) is 10.3. The SMILES string of the molecule is NCC1(NC(=O)C2C3C4CCC(C4)C23)CCC1. The fourth-order valence-corrected chi connectivity index (χ4v) is 5.00. The molecule has 0 radical (unpaired) electrons. The van der Waals surface area contributed by atoms with E-state index in [2.05, 4.69) is 5.32 Å². The molecular weight excluding hydrogens is 212 g/mol. The minimum Gasteiger partial charge on any atom is -0.349 e. The van der Waals surface area contributed by atoms with E-state index in [1.807, 2.05) is 0 Å². The number of nitrogens with one attached hydrogen (secondary N) is 1. The van der Waals surface area contributed by atoms with Crippen LogP contribution < -0.4 is 11.1 Å². The van der Waals surface area contributed by atoms with Gasteiger partial charge in [0.25, 0.3) is 0 Å². The molecule has 3 heteroatoms. The fourth-order valence-electron chi connectivity index (χ4n) is 5.00. The number of hydrogen-bond acceptors (Lipinski definition) is 2. The maximum Gasteiger partial charge on any atom is 0.224 e. The maximum absolute atomic E-state index is 12.3. The van der Waals surface area contributed by atoms with Gasteiger partial charge in [-0.1, -0.05) is 0 Å². The van der Waals surface area contributed by atoms with Crippen molar-refractivity contribution in [3.63, 3.8) is 0 Å². The summed E-state index contributed by atoms with van der Waals surface area (Å²) in [5, 5.41) is 3.28. The van der Waals surface area contributed by atoms with Gasteiger partial charge in [0.1, 0.15) is 0 Å². The number of hydrogen-bond donors (Lipinski definition) is 2. The molecule has 17 heavy (non-hydrogen) atoms. The molecule has 0 aromatic heterocycles. The molecule has 4 atom stereocenters. The molecule has 4 saturated carbocycles. The zero-order chi connectivity index (χ0) is 11.6. The highest BCUT2D eigenvalue weighted by Crippen LogP contribution is 2.69. The van der Waals surface area contributed by atoms with Gasteiger partial charge in [-0.05, 0) is 62.2 Å². The number of rotatable bonds is 3. The number of amides is 1. The number of carbonyl (C=O) groups is 1. The van der Waals surface area contributed by atoms with Crippen LogP contribution in [0, 0.1) is 29.6 Å². The first kappa shape index (κ1) is 10.4. The molecule has 3 N–H and O–H groups in total. The maximum atomic E-state index is 12.3. The van der Waals surface area contributed by atoms with E-state index >= 15 is 0 Å². The lowest BCUT2D eigenvalue weighted by molar-refractivity contribution is -0.126. The zero-order valence-corrected chi connectivity index (χ0v) is 10.3. The summed E-state index contributed by atoms with van der Waals surface area (Å²) in [5.41, 5.74) is 5.78. The van der Waals surface area contributed by atoms with Gasteiger partial charge in [-0.15, -0.1) is 0 Å². The normalized spacial score (nSPS) is 48.4. The van der Waals surface area contributed by atoms with Crippen LogP contribution in [0.25, 0.3) is 0 Å². The van der Waals surface area contributed by atoms with Crippen molar-refractivity contribution < 1.29 is 4.79 Å². The highest BCUT2D eigenvalue weighted by molar-refractivity contribution is 5.83. The molecule has 3 nitrogen and oxygen atoms in total. The summed E-state index contributed by atoms with van der Waals surface area (Å²) in [6.07, 6.45) is 7.59. The third-order valence-corrected chi connectivity index (χ3v) is 6.13. The van der Waals surface area contributed by atoms with Crippen molar-refractivity contribution in [1.82, 2.24) is 5.32 Å². The monoisotopic (exact) mass is 234 g/mol. The standard InChI is InChI=1S/C14H22N2O/c15-7-14(4-1-5-14)16-13(17)12-10-8-2-3-9(6-8)11(10)12/h8-12H,1-7,15H2,(H,16,17). The van der Waals surface area contributed by atoms with Gasteiger partial charge < -0.3 is 11.1 Å². The second-order valence-electron chi connectivity index (χ2n) is 6.84. The molecule has 4 rings (SSSR count). The molecule has 0 spiro atoms. The molecule has 94 valence electrons. The molecule has 4 aliphatic carbocycles. The molecule has 4 unspecified atom stereocenters. The van der Waals surface area contributed by atoms with Crippen LogP contribution in [0.4, 0.5) is 0 Å². The third-order valence-electron chi connectivity index (χ3n) is 6.13. The second-order valence-corrected chi connectivity index (χ2v) is 6.84. The van der Waals surface area contributed by atoms with E-state index in [-0.39, 0.29) is 5.54 Å². The molecule has 0 aromatic rings. The molecule has 1 amide bonds. The van der Waals surface area contributed by atoms with Crippen molar-refractivity contribution in [2.45, 2.75) is 44.1 Å². The van der Waals surface area contributed by atoms with Crippen LogP contribution in [0.3, 0.4) is 0 Å². The summed E-state index contributed by atoms with van der Waals surface area (Å²) >= 11 is 0. The Hall–Kier alpha value is -0.570. The molecule has 4 fully saturated rings. The van der Waals surface area contributed by atoms with Crippen molar-refractivity contribution >= 4 is 5.91 Å². The average Bonchev–Trinajstić information content (AvgIpc) is 2.73. The summed E-state index contributed by atoms with van der Waals surface area (Å²) < 4.78 is 0. The van der Waals surface area contributed by atoms with E-state index in [9.17, 15) is 4.79 Å². The average molecular weight is 234 g/mol. The van der Waals surface area contributed by atoms with Crippen molar-refractivity contribution in [2.75, 3.05) is 6.54 Å². The first-order valence-electron chi connectivity index (χ1n) is 7.26. The highest BCUT2D eigenvalue weighted by atomic mass is 16.2. The van der Waals surface area contributed by atoms with Crippen LogP contribution in [0.1, 0.15) is 38.5 Å². The minimum absolute atomic E-state index is 0.0208. The van der Waals surface area contributed by atoms with E-state index < -0.39 is 0 Å². The van der Waals surface area contributed by atoms with Gasteiger partial charge in [-0.3, -0.25) is 4.79 Å². The third kappa shape index (κ3) is 1.29. The lowest BCUT2D eigenvalue weighted by Gasteiger charge is -2.41. The summed E-state index contributed by atoms with van der Waals surface area (Å²) in [7, 11) is 0. The van der Waals surface area contributed by atoms with Crippen LogP contribution in [-0.4, -0.2) is 18.0 Å². The Morgan fingerprint density at radius 1 is 1.24 bits per heavy atom. The molecular formula is C14H22N2O. The Kier molecular flexibility index (Phi) is 1.98. The van der Waals surface area contributed by atoms with Crippen LogP contribution >= 0.6 is 0 Å². The molecule has 0 saturated heterocycles. The van der Waals surface area contributed by atoms with E-state index in [0.717, 1.165) is 36.5 Å². The summed E-state index contributed by atoms with van der Waals surface area (Å²) in [6.45, 7) is 0.619. The largest absolute Gasteiger partial charge is 0.349 e. The lowest BCUT2D eigenvalue weighted by Crippen LogP contribution is -2.58. The summed E-state index contributed by atoms with van der Waals surface area (Å²) in [5.74, 6) is 3.98. The Labute approximate surface area is 103 Å². The lowest BCUT2D eigenvalue weighted by atomic mass is 9.76. The molecule has 4 aliphatic rings. The molecule has 0 aliphatic heterocycles. The minimum atomic E-state index is -0.0208. The van der Waals surface area contributed by atoms with E-state index in [1.54, 1.807) is 0 Å². The van der Waals surface area contributed by atoms with Gasteiger partial charge in [-0.25, -0.2) is 0 Å². The van der Waals surface area contributed by atoms with Crippen molar-refractivity contribution in [2.24, 2.45) is 35.3 Å². The smallest absolute Gasteiger partial charge is 0.224 e. The van der Waals surface area contributed by atoms with Gasteiger partial charge in [-0.2, -0.15) is 0 Å². The first-order valence-corrected chi connectivity index (χ1v) is 7.26. The molecule has 2 bridgehead atoms. The van der Waals surface area contributed by atoms with Crippen LogP contribution in [-0.2, 0) is 4.79 Å². The van der Waals surface area contributed by atoms with E-state index in [4.69, 9.17) is 5.73 Å². The summed E-state index contributed by atoms with van der Waals surface area (Å²) in [6, 6.07) is 0. The fraction of sp³-hybridized carbons (Fsp3) is 0.929. The number of carbonyl (C=O) groups excluding carboxylic acids is 1. The Morgan fingerprint density at radius 3 is 2.35 bits per heavy atom. The predicted molar refractivity (Wildman–Crippen MR) is 65.1 cm³/mol. The number of fused-ring (bicyclic) bond motifs is 5. The van der Waals surface area contributed by atoms with Gasteiger partial charge in [0.05, 0.1) is 5.54 Å². The van der Waals surface area contributed by atoms with Gasteiger partial charge >= 0.3 is 0 Å². The van der Waals surface area contributed by atoms with Crippen molar-refractivity contribution in [3.8, 4) is 0 Å². The van der Waals surface area contributed by atoms with Crippen LogP contribution in [0.2, 0.25) is 0 Å². The highest BCUT2D eigenvalue weighted by Gasteiger charge is 2.67. The quantitative estimate of drug-likeness (QED) is 0.773. The first-order chi connectivity index (χ1) is 8.24. The second kappa shape index (κ2) is 3.25. The van der Waals surface area contributed by atoms with Crippen molar-refractivity contribution in [1.29, 1.82) is 0 Å². The number of nitrogens with two attached hydrogens (primary N) is 1. The Balaban J connectivity index is 1.43. The Bertz CT molecular complexity index is 342. The molecule has 0 aromatic carbocycles. The Morgan fingerprint density at radius 2 is 1.88 bits per heavy atom. The topological polar surface area (TPSA) is 55.1 Å². The van der Waals surface area contributed by atoms with E-state index in [1.165, 1.54) is 25.7 Å².